The molecule has 1 aliphatic rings. The minimum absolute atomic E-state index is 0.0122. The standard InChI is InChI=1S/C14H18BrFN2O2/c15-12-8-10(3-4-13(12)16)5-6-17-14(20)18-7-1-2-11(18)9-19/h3-4,8,11,19H,1-2,5-7,9H2,(H,17,20)/t11-/m0/s1. The molecule has 2 N–H and O–H groups in total. The summed E-state index contributed by atoms with van der Waals surface area (Å²) in [6, 6.07) is 4.63. The zero-order valence-electron chi connectivity index (χ0n) is 11.1. The zero-order valence-corrected chi connectivity index (χ0v) is 12.7. The highest BCUT2D eigenvalue weighted by atomic mass is 79.9. The van der Waals surface area contributed by atoms with Crippen molar-refractivity contribution in [2.24, 2.45) is 0 Å². The summed E-state index contributed by atoms with van der Waals surface area (Å²) in [5.74, 6) is -0.291. The van der Waals surface area contributed by atoms with Crippen LogP contribution >= 0.6 is 15.9 Å². The average Bonchev–Trinajstić information content (AvgIpc) is 2.91. The Labute approximate surface area is 126 Å². The third kappa shape index (κ3) is 3.70. The molecule has 110 valence electrons. The summed E-state index contributed by atoms with van der Waals surface area (Å²) in [6.07, 6.45) is 2.43. The highest BCUT2D eigenvalue weighted by molar-refractivity contribution is 9.10. The van der Waals surface area contributed by atoms with Gasteiger partial charge in [0.15, 0.2) is 0 Å². The van der Waals surface area contributed by atoms with Gasteiger partial charge in [-0.1, -0.05) is 6.07 Å². The molecule has 0 unspecified atom stereocenters. The van der Waals surface area contributed by atoms with Gasteiger partial charge in [0, 0.05) is 13.1 Å². The van der Waals surface area contributed by atoms with E-state index in [1.54, 1.807) is 17.0 Å². The minimum atomic E-state index is -0.291. The van der Waals surface area contributed by atoms with Crippen molar-refractivity contribution in [3.05, 3.63) is 34.1 Å². The number of aliphatic hydroxyl groups is 1. The smallest absolute Gasteiger partial charge is 0.317 e. The van der Waals surface area contributed by atoms with Gasteiger partial charge < -0.3 is 15.3 Å². The molecule has 2 amide bonds. The third-order valence-corrected chi connectivity index (χ3v) is 4.13. The Balaban J connectivity index is 1.80. The van der Waals surface area contributed by atoms with Crippen molar-refractivity contribution in [2.45, 2.75) is 25.3 Å². The quantitative estimate of drug-likeness (QED) is 0.880. The second kappa shape index (κ2) is 7.04. The van der Waals surface area contributed by atoms with Crippen LogP contribution in [0.3, 0.4) is 0 Å². The maximum absolute atomic E-state index is 13.1. The first-order chi connectivity index (χ1) is 9.61. The van der Waals surface area contributed by atoms with Gasteiger partial charge in [-0.2, -0.15) is 0 Å². The van der Waals surface area contributed by atoms with Crippen LogP contribution in [-0.4, -0.2) is 41.8 Å². The first-order valence-corrected chi connectivity index (χ1v) is 7.50. The number of amides is 2. The van der Waals surface area contributed by atoms with Gasteiger partial charge in [0.05, 0.1) is 17.1 Å². The van der Waals surface area contributed by atoms with Crippen LogP contribution < -0.4 is 5.32 Å². The van der Waals surface area contributed by atoms with Crippen LogP contribution in [0.4, 0.5) is 9.18 Å². The Morgan fingerprint density at radius 3 is 3.05 bits per heavy atom. The number of carbonyl (C=O) groups excluding carboxylic acids is 1. The third-order valence-electron chi connectivity index (χ3n) is 3.52. The zero-order chi connectivity index (χ0) is 14.5. The SMILES string of the molecule is O=C(NCCc1ccc(F)c(Br)c1)N1CCC[C@H]1CO. The highest BCUT2D eigenvalue weighted by Crippen LogP contribution is 2.18. The molecule has 1 saturated heterocycles. The molecule has 0 spiro atoms. The van der Waals surface area contributed by atoms with Crippen LogP contribution in [0.5, 0.6) is 0 Å². The lowest BCUT2D eigenvalue weighted by Gasteiger charge is -2.23. The molecule has 0 saturated carbocycles. The van der Waals surface area contributed by atoms with Crippen LogP contribution in [0.25, 0.3) is 0 Å². The fourth-order valence-electron chi connectivity index (χ4n) is 2.40. The van der Waals surface area contributed by atoms with Crippen molar-refractivity contribution < 1.29 is 14.3 Å². The van der Waals surface area contributed by atoms with Gasteiger partial charge in [-0.25, -0.2) is 9.18 Å². The number of nitrogens with zero attached hydrogens (tertiary/aromatic N) is 1. The van der Waals surface area contributed by atoms with Crippen LogP contribution in [0.15, 0.2) is 22.7 Å². The largest absolute Gasteiger partial charge is 0.394 e. The Hall–Kier alpha value is -1.14. The molecule has 6 heteroatoms. The minimum Gasteiger partial charge on any atom is -0.394 e. The second-order valence-electron chi connectivity index (χ2n) is 4.90. The lowest BCUT2D eigenvalue weighted by Crippen LogP contribution is -2.44. The second-order valence-corrected chi connectivity index (χ2v) is 5.76. The molecular weight excluding hydrogens is 327 g/mol. The van der Waals surface area contributed by atoms with Crippen LogP contribution in [0, 0.1) is 5.82 Å². The molecule has 1 aliphatic heterocycles. The number of halogens is 2. The van der Waals surface area contributed by atoms with Gasteiger partial charge in [0.2, 0.25) is 0 Å². The number of urea groups is 1. The molecule has 2 rings (SSSR count). The normalized spacial score (nSPS) is 18.4. The molecule has 0 aromatic heterocycles. The van der Waals surface area contributed by atoms with E-state index in [0.717, 1.165) is 18.4 Å². The van der Waals surface area contributed by atoms with E-state index in [0.29, 0.717) is 24.0 Å². The summed E-state index contributed by atoms with van der Waals surface area (Å²) in [7, 11) is 0. The monoisotopic (exact) mass is 344 g/mol. The topological polar surface area (TPSA) is 52.6 Å². The molecule has 0 radical (unpaired) electrons. The van der Waals surface area contributed by atoms with E-state index < -0.39 is 0 Å². The summed E-state index contributed by atoms with van der Waals surface area (Å²) in [5, 5.41) is 12.0. The molecule has 0 bridgehead atoms. The maximum atomic E-state index is 13.1. The van der Waals surface area contributed by atoms with Gasteiger partial charge in [0.25, 0.3) is 0 Å². The molecule has 4 nitrogen and oxygen atoms in total. The van der Waals surface area contributed by atoms with Crippen LogP contribution in [-0.2, 0) is 6.42 Å². The lowest BCUT2D eigenvalue weighted by molar-refractivity contribution is 0.157. The van der Waals surface area contributed by atoms with Gasteiger partial charge in [0.1, 0.15) is 5.82 Å². The van der Waals surface area contributed by atoms with E-state index in [1.807, 2.05) is 0 Å². The Kier molecular flexibility index (Phi) is 5.37. The van der Waals surface area contributed by atoms with Crippen molar-refractivity contribution in [3.8, 4) is 0 Å². The Bertz CT molecular complexity index is 484. The number of hydrogen-bond acceptors (Lipinski definition) is 2. The lowest BCUT2D eigenvalue weighted by atomic mass is 10.1. The number of benzene rings is 1. The fraction of sp³-hybridized carbons (Fsp3) is 0.500. The molecular formula is C14H18BrFN2O2. The maximum Gasteiger partial charge on any atom is 0.317 e. The summed E-state index contributed by atoms with van der Waals surface area (Å²) < 4.78 is 13.5. The van der Waals surface area contributed by atoms with Crippen molar-refractivity contribution in [2.75, 3.05) is 19.7 Å². The van der Waals surface area contributed by atoms with E-state index in [2.05, 4.69) is 21.2 Å². The predicted molar refractivity (Wildman–Crippen MR) is 78.0 cm³/mol. The Morgan fingerprint density at radius 1 is 1.55 bits per heavy atom. The van der Waals surface area contributed by atoms with Crippen LogP contribution in [0.1, 0.15) is 18.4 Å². The van der Waals surface area contributed by atoms with E-state index in [1.165, 1.54) is 6.07 Å². The summed E-state index contributed by atoms with van der Waals surface area (Å²) in [6.45, 7) is 1.20. The molecule has 1 fully saturated rings. The first kappa shape index (κ1) is 15.3. The molecule has 0 aliphatic carbocycles. The fourth-order valence-corrected chi connectivity index (χ4v) is 2.83. The van der Waals surface area contributed by atoms with Gasteiger partial charge in [-0.05, 0) is 52.9 Å². The number of hydrogen-bond donors (Lipinski definition) is 2. The average molecular weight is 345 g/mol. The Morgan fingerprint density at radius 2 is 2.35 bits per heavy atom. The van der Waals surface area contributed by atoms with Crippen molar-refractivity contribution in [1.82, 2.24) is 10.2 Å². The summed E-state index contributed by atoms with van der Waals surface area (Å²) >= 11 is 3.14. The number of rotatable bonds is 4. The van der Waals surface area contributed by atoms with E-state index in [4.69, 9.17) is 0 Å². The van der Waals surface area contributed by atoms with Gasteiger partial charge >= 0.3 is 6.03 Å². The van der Waals surface area contributed by atoms with Crippen molar-refractivity contribution in [1.29, 1.82) is 0 Å². The van der Waals surface area contributed by atoms with Crippen LogP contribution in [0.2, 0.25) is 0 Å². The number of likely N-dealkylation sites (tertiary alicyclic amines) is 1. The number of nitrogens with one attached hydrogen (secondary N) is 1. The van der Waals surface area contributed by atoms with E-state index in [9.17, 15) is 14.3 Å². The van der Waals surface area contributed by atoms with Gasteiger partial charge in [-0.3, -0.25) is 0 Å². The number of carbonyl (C=O) groups is 1. The molecule has 1 atom stereocenters. The van der Waals surface area contributed by atoms with E-state index in [-0.39, 0.29) is 24.5 Å². The molecule has 1 aromatic rings. The van der Waals surface area contributed by atoms with Gasteiger partial charge in [-0.15, -0.1) is 0 Å². The molecule has 1 aromatic carbocycles. The first-order valence-electron chi connectivity index (χ1n) is 6.71. The highest BCUT2D eigenvalue weighted by Gasteiger charge is 2.27. The molecule has 20 heavy (non-hydrogen) atoms. The molecule has 1 heterocycles. The predicted octanol–water partition coefficient (Wildman–Crippen LogP) is 2.30. The summed E-state index contributed by atoms with van der Waals surface area (Å²) in [4.78, 5) is 13.6. The van der Waals surface area contributed by atoms with Crippen molar-refractivity contribution >= 4 is 22.0 Å². The van der Waals surface area contributed by atoms with E-state index >= 15 is 0 Å². The van der Waals surface area contributed by atoms with Crippen molar-refractivity contribution in [3.63, 3.8) is 0 Å². The summed E-state index contributed by atoms with van der Waals surface area (Å²) in [5.41, 5.74) is 0.957. The number of aliphatic hydroxyl groups excluding tert-OH is 1.